The van der Waals surface area contributed by atoms with Crippen LogP contribution in [0, 0.1) is 11.8 Å². The molecule has 0 aromatic heterocycles. The number of hydrogen-bond acceptors (Lipinski definition) is 2. The summed E-state index contributed by atoms with van der Waals surface area (Å²) in [6.07, 6.45) is 4.07. The lowest BCUT2D eigenvalue weighted by Gasteiger charge is -2.38. The van der Waals surface area contributed by atoms with Crippen LogP contribution in [0.3, 0.4) is 0 Å². The molecule has 0 aromatic rings. The molecule has 0 aromatic carbocycles. The van der Waals surface area contributed by atoms with E-state index in [4.69, 9.17) is 0 Å². The smallest absolute Gasteiger partial charge is 0.0491 e. The maximum Gasteiger partial charge on any atom is 0.0491 e. The molecule has 0 amide bonds. The quantitative estimate of drug-likeness (QED) is 0.688. The highest BCUT2D eigenvalue weighted by Crippen LogP contribution is 2.37. The molecule has 3 atom stereocenters. The average molecular weight is 213 g/mol. The molecular weight excluding hydrogens is 194 g/mol. The standard InChI is InChI=1S/C11H19NOS/c1-8-2-9(3-8)5-12-6-11-4-10(12)7-14(11)13/h8-11H,2-7H2,1H3/t8?,9?,10-,11-,14?/m0/s1. The van der Waals surface area contributed by atoms with Crippen LogP contribution < -0.4 is 0 Å². The minimum Gasteiger partial charge on any atom is -0.298 e. The molecule has 0 N–H and O–H groups in total. The highest BCUT2D eigenvalue weighted by atomic mass is 32.2. The predicted octanol–water partition coefficient (Wildman–Crippen LogP) is 1.24. The molecule has 0 spiro atoms. The fraction of sp³-hybridized carbons (Fsp3) is 1.00. The Morgan fingerprint density at radius 3 is 2.64 bits per heavy atom. The third kappa shape index (κ3) is 1.45. The van der Waals surface area contributed by atoms with Crippen molar-refractivity contribution in [3.63, 3.8) is 0 Å². The molecule has 2 aliphatic heterocycles. The Kier molecular flexibility index (Phi) is 2.21. The van der Waals surface area contributed by atoms with Crippen LogP contribution in [0.2, 0.25) is 0 Å². The van der Waals surface area contributed by atoms with E-state index in [1.165, 1.54) is 25.8 Å². The van der Waals surface area contributed by atoms with Gasteiger partial charge in [0.05, 0.1) is 0 Å². The first-order chi connectivity index (χ1) is 6.72. The van der Waals surface area contributed by atoms with Crippen LogP contribution in [-0.4, -0.2) is 39.2 Å². The van der Waals surface area contributed by atoms with Crippen molar-refractivity contribution in [2.75, 3.05) is 18.8 Å². The molecule has 0 radical (unpaired) electrons. The number of nitrogens with zero attached hydrogens (tertiary/aromatic N) is 1. The van der Waals surface area contributed by atoms with Crippen molar-refractivity contribution in [2.24, 2.45) is 11.8 Å². The Labute approximate surface area is 88.5 Å². The summed E-state index contributed by atoms with van der Waals surface area (Å²) in [6.45, 7) is 4.77. The van der Waals surface area contributed by atoms with Gasteiger partial charge in [0.2, 0.25) is 0 Å². The Morgan fingerprint density at radius 2 is 2.14 bits per heavy atom. The first kappa shape index (κ1) is 9.34. The summed E-state index contributed by atoms with van der Waals surface area (Å²) in [5.41, 5.74) is 0. The zero-order valence-corrected chi connectivity index (χ0v) is 9.63. The summed E-state index contributed by atoms with van der Waals surface area (Å²) in [5, 5.41) is 0.525. The number of likely N-dealkylation sites (tertiary alicyclic amines) is 1. The van der Waals surface area contributed by atoms with Gasteiger partial charge in [0.15, 0.2) is 0 Å². The molecule has 14 heavy (non-hydrogen) atoms. The Hall–Kier alpha value is 0.110. The SMILES string of the molecule is CC1CC(CN2C[C@@H]3C[C@H]2CS3=O)C1. The van der Waals surface area contributed by atoms with Crippen molar-refractivity contribution >= 4 is 10.8 Å². The van der Waals surface area contributed by atoms with E-state index < -0.39 is 10.8 Å². The lowest BCUT2D eigenvalue weighted by atomic mass is 9.76. The van der Waals surface area contributed by atoms with Gasteiger partial charge in [-0.3, -0.25) is 9.11 Å². The van der Waals surface area contributed by atoms with Crippen molar-refractivity contribution in [1.29, 1.82) is 0 Å². The van der Waals surface area contributed by atoms with E-state index in [0.29, 0.717) is 11.3 Å². The summed E-state index contributed by atoms with van der Waals surface area (Å²) in [7, 11) is -0.479. The zero-order chi connectivity index (χ0) is 9.71. The van der Waals surface area contributed by atoms with Crippen LogP contribution in [0.25, 0.3) is 0 Å². The van der Waals surface area contributed by atoms with Crippen LogP contribution in [0.4, 0.5) is 0 Å². The van der Waals surface area contributed by atoms with Crippen molar-refractivity contribution in [3.8, 4) is 0 Å². The first-order valence-electron chi connectivity index (χ1n) is 5.83. The molecule has 3 heteroatoms. The normalized spacial score (nSPS) is 52.2. The minimum atomic E-state index is -0.479. The number of fused-ring (bicyclic) bond motifs is 2. The van der Waals surface area contributed by atoms with Gasteiger partial charge in [0.25, 0.3) is 0 Å². The van der Waals surface area contributed by atoms with E-state index >= 15 is 0 Å². The molecule has 1 aliphatic carbocycles. The molecule has 80 valence electrons. The molecule has 2 saturated heterocycles. The van der Waals surface area contributed by atoms with Crippen LogP contribution in [-0.2, 0) is 10.8 Å². The summed E-state index contributed by atoms with van der Waals surface area (Å²) in [6, 6.07) is 0.678. The van der Waals surface area contributed by atoms with Crippen LogP contribution in [0.15, 0.2) is 0 Å². The van der Waals surface area contributed by atoms with E-state index in [-0.39, 0.29) is 0 Å². The van der Waals surface area contributed by atoms with Gasteiger partial charge in [-0.2, -0.15) is 0 Å². The van der Waals surface area contributed by atoms with Crippen LogP contribution in [0.5, 0.6) is 0 Å². The second-order valence-electron chi connectivity index (χ2n) is 5.46. The van der Waals surface area contributed by atoms with Crippen LogP contribution in [0.1, 0.15) is 26.2 Å². The third-order valence-electron chi connectivity index (χ3n) is 4.18. The lowest BCUT2D eigenvalue weighted by Crippen LogP contribution is -2.43. The van der Waals surface area contributed by atoms with Gasteiger partial charge >= 0.3 is 0 Å². The monoisotopic (exact) mass is 213 g/mol. The molecule has 3 fully saturated rings. The largest absolute Gasteiger partial charge is 0.298 e. The predicted molar refractivity (Wildman–Crippen MR) is 58.7 cm³/mol. The molecule has 1 saturated carbocycles. The minimum absolute atomic E-state index is 0.479. The second-order valence-corrected chi connectivity index (χ2v) is 7.22. The van der Waals surface area contributed by atoms with Gasteiger partial charge in [-0.25, -0.2) is 0 Å². The summed E-state index contributed by atoms with van der Waals surface area (Å²) in [4.78, 5) is 2.61. The highest BCUT2D eigenvalue weighted by Gasteiger charge is 2.44. The molecular formula is C11H19NOS. The van der Waals surface area contributed by atoms with Gasteiger partial charge in [-0.1, -0.05) is 6.92 Å². The molecule has 3 rings (SSSR count). The molecule has 2 bridgehead atoms. The van der Waals surface area contributed by atoms with Gasteiger partial charge in [-0.15, -0.1) is 0 Å². The average Bonchev–Trinajstić information content (AvgIpc) is 2.60. The maximum absolute atomic E-state index is 11.5. The Bertz CT molecular complexity index is 262. The van der Waals surface area contributed by atoms with E-state index in [0.717, 1.165) is 24.1 Å². The van der Waals surface area contributed by atoms with Crippen LogP contribution >= 0.6 is 0 Å². The van der Waals surface area contributed by atoms with Crippen molar-refractivity contribution < 1.29 is 4.21 Å². The first-order valence-corrected chi connectivity index (χ1v) is 7.22. The number of rotatable bonds is 2. The highest BCUT2D eigenvalue weighted by molar-refractivity contribution is 7.86. The van der Waals surface area contributed by atoms with E-state index in [1.54, 1.807) is 0 Å². The second kappa shape index (κ2) is 3.31. The zero-order valence-electron chi connectivity index (χ0n) is 8.82. The molecule has 1 unspecified atom stereocenters. The summed E-state index contributed by atoms with van der Waals surface area (Å²) < 4.78 is 11.5. The van der Waals surface area contributed by atoms with Crippen molar-refractivity contribution in [1.82, 2.24) is 4.90 Å². The van der Waals surface area contributed by atoms with E-state index in [9.17, 15) is 4.21 Å². The molecule has 3 aliphatic rings. The van der Waals surface area contributed by atoms with E-state index in [2.05, 4.69) is 11.8 Å². The maximum atomic E-state index is 11.5. The Balaban J connectivity index is 1.54. The number of hydrogen-bond donors (Lipinski definition) is 0. The fourth-order valence-corrected chi connectivity index (χ4v) is 5.19. The van der Waals surface area contributed by atoms with E-state index in [1.807, 2.05) is 0 Å². The van der Waals surface area contributed by atoms with Gasteiger partial charge in [0.1, 0.15) is 0 Å². The molecule has 2 heterocycles. The fourth-order valence-electron chi connectivity index (χ4n) is 3.40. The van der Waals surface area contributed by atoms with Gasteiger partial charge < -0.3 is 0 Å². The summed E-state index contributed by atoms with van der Waals surface area (Å²) >= 11 is 0. The summed E-state index contributed by atoms with van der Waals surface area (Å²) in [5.74, 6) is 2.89. The molecule has 2 nitrogen and oxygen atoms in total. The van der Waals surface area contributed by atoms with Crippen molar-refractivity contribution in [3.05, 3.63) is 0 Å². The topological polar surface area (TPSA) is 20.3 Å². The lowest BCUT2D eigenvalue weighted by molar-refractivity contribution is 0.130. The third-order valence-corrected chi connectivity index (χ3v) is 5.98. The van der Waals surface area contributed by atoms with Gasteiger partial charge in [-0.05, 0) is 31.1 Å². The van der Waals surface area contributed by atoms with Gasteiger partial charge in [0, 0.05) is 40.9 Å². The Morgan fingerprint density at radius 1 is 1.36 bits per heavy atom. The van der Waals surface area contributed by atoms with Crippen molar-refractivity contribution in [2.45, 2.75) is 37.5 Å².